The number of aliphatic imine (C=N–C) groups is 1. The van der Waals surface area contributed by atoms with Gasteiger partial charge in [-0.25, -0.2) is 4.39 Å². The van der Waals surface area contributed by atoms with E-state index in [0.29, 0.717) is 13.2 Å². The van der Waals surface area contributed by atoms with Crippen molar-refractivity contribution in [3.63, 3.8) is 0 Å². The number of guanidine groups is 1. The van der Waals surface area contributed by atoms with E-state index in [1.807, 2.05) is 23.7 Å². The molecule has 7 heteroatoms. The smallest absolute Gasteiger partial charge is 0.193 e. The summed E-state index contributed by atoms with van der Waals surface area (Å²) < 4.78 is 18.9. The monoisotopic (exact) mass is 455 g/mol. The summed E-state index contributed by atoms with van der Waals surface area (Å²) in [4.78, 5) is 6.23. The first-order chi connectivity index (χ1) is 10.7. The lowest BCUT2D eigenvalue weighted by Crippen LogP contribution is -2.41. The Hall–Kier alpha value is -0.700. The summed E-state index contributed by atoms with van der Waals surface area (Å²) in [6, 6.07) is 6.44. The van der Waals surface area contributed by atoms with Gasteiger partial charge in [0.05, 0.1) is 6.54 Å². The first-order valence-corrected chi connectivity index (χ1v) is 8.86. The maximum Gasteiger partial charge on any atom is 0.193 e. The van der Waals surface area contributed by atoms with E-state index in [4.69, 9.17) is 4.74 Å². The first-order valence-electron chi connectivity index (χ1n) is 7.47. The molecule has 1 rings (SSSR count). The molecule has 0 heterocycles. The van der Waals surface area contributed by atoms with Crippen molar-refractivity contribution in [1.82, 2.24) is 10.2 Å². The van der Waals surface area contributed by atoms with E-state index in [0.717, 1.165) is 18.9 Å². The molecule has 0 saturated heterocycles. The minimum absolute atomic E-state index is 0. The zero-order valence-corrected chi connectivity index (χ0v) is 17.2. The Balaban J connectivity index is 0.00000484. The summed E-state index contributed by atoms with van der Waals surface area (Å²) in [5, 5.41) is 3.33. The minimum Gasteiger partial charge on any atom is -0.489 e. The number of benzene rings is 1. The number of rotatable bonds is 9. The molecule has 0 saturated carbocycles. The zero-order chi connectivity index (χ0) is 16.2. The van der Waals surface area contributed by atoms with Gasteiger partial charge in [0.25, 0.3) is 0 Å². The van der Waals surface area contributed by atoms with Crippen molar-refractivity contribution in [1.29, 1.82) is 0 Å². The fraction of sp³-hybridized carbons (Fsp3) is 0.562. The van der Waals surface area contributed by atoms with Crippen molar-refractivity contribution < 1.29 is 9.13 Å². The lowest BCUT2D eigenvalue weighted by atomic mass is 10.3. The summed E-state index contributed by atoms with van der Waals surface area (Å²) in [6.45, 7) is 1.95. The third kappa shape index (κ3) is 9.24. The first kappa shape index (κ1) is 22.3. The predicted molar refractivity (Wildman–Crippen MR) is 109 cm³/mol. The zero-order valence-electron chi connectivity index (χ0n) is 14.0. The van der Waals surface area contributed by atoms with Crippen LogP contribution in [0.3, 0.4) is 0 Å². The highest BCUT2D eigenvalue weighted by molar-refractivity contribution is 14.0. The van der Waals surface area contributed by atoms with E-state index >= 15 is 0 Å². The molecule has 0 fully saturated rings. The maximum absolute atomic E-state index is 13.4. The molecule has 0 spiro atoms. The van der Waals surface area contributed by atoms with Crippen LogP contribution < -0.4 is 10.1 Å². The lowest BCUT2D eigenvalue weighted by molar-refractivity contribution is 0.270. The third-order valence-corrected chi connectivity index (χ3v) is 3.85. The van der Waals surface area contributed by atoms with Crippen LogP contribution in [0.15, 0.2) is 29.3 Å². The largest absolute Gasteiger partial charge is 0.489 e. The van der Waals surface area contributed by atoms with Crippen LogP contribution in [0.25, 0.3) is 0 Å². The van der Waals surface area contributed by atoms with E-state index in [2.05, 4.69) is 16.6 Å². The van der Waals surface area contributed by atoms with Gasteiger partial charge in [0.2, 0.25) is 0 Å². The van der Waals surface area contributed by atoms with Gasteiger partial charge in [0.1, 0.15) is 6.61 Å². The van der Waals surface area contributed by atoms with Crippen LogP contribution in [0.4, 0.5) is 4.39 Å². The molecule has 0 aliphatic rings. The second kappa shape index (κ2) is 13.7. The van der Waals surface area contributed by atoms with Gasteiger partial charge < -0.3 is 15.0 Å². The molecule has 1 N–H and O–H groups in total. The fourth-order valence-electron chi connectivity index (χ4n) is 1.92. The van der Waals surface area contributed by atoms with E-state index in [9.17, 15) is 4.39 Å². The van der Waals surface area contributed by atoms with Crippen molar-refractivity contribution in [2.75, 3.05) is 45.8 Å². The number of nitrogens with one attached hydrogen (secondary N) is 1. The van der Waals surface area contributed by atoms with Gasteiger partial charge >= 0.3 is 0 Å². The van der Waals surface area contributed by atoms with Gasteiger partial charge in [-0.3, -0.25) is 4.99 Å². The number of nitrogens with zero attached hydrogens (tertiary/aromatic N) is 2. The average Bonchev–Trinajstić information content (AvgIpc) is 2.52. The Kier molecular flexibility index (Phi) is 13.3. The second-order valence-electron chi connectivity index (χ2n) is 4.87. The van der Waals surface area contributed by atoms with E-state index in [-0.39, 0.29) is 35.5 Å². The summed E-state index contributed by atoms with van der Waals surface area (Å²) in [7, 11) is 3.71. The molecule has 0 aromatic heterocycles. The minimum atomic E-state index is -0.332. The molecule has 1 aromatic carbocycles. The van der Waals surface area contributed by atoms with Crippen molar-refractivity contribution >= 4 is 41.7 Å². The predicted octanol–water partition coefficient (Wildman–Crippen LogP) is 3.47. The third-order valence-electron chi connectivity index (χ3n) is 3.15. The van der Waals surface area contributed by atoms with Crippen LogP contribution in [-0.4, -0.2) is 56.7 Å². The van der Waals surface area contributed by atoms with Crippen molar-refractivity contribution in [2.45, 2.75) is 12.8 Å². The van der Waals surface area contributed by atoms with Gasteiger partial charge in [-0.05, 0) is 37.0 Å². The maximum atomic E-state index is 13.4. The van der Waals surface area contributed by atoms with Crippen molar-refractivity contribution in [3.05, 3.63) is 30.1 Å². The van der Waals surface area contributed by atoms with Crippen molar-refractivity contribution in [2.24, 2.45) is 4.99 Å². The molecule has 132 valence electrons. The van der Waals surface area contributed by atoms with Crippen LogP contribution in [0.2, 0.25) is 0 Å². The van der Waals surface area contributed by atoms with Crippen LogP contribution >= 0.6 is 35.7 Å². The van der Waals surface area contributed by atoms with Gasteiger partial charge in [0, 0.05) is 20.6 Å². The molecule has 4 nitrogen and oxygen atoms in total. The van der Waals surface area contributed by atoms with E-state index < -0.39 is 0 Å². The van der Waals surface area contributed by atoms with E-state index in [1.54, 1.807) is 25.2 Å². The van der Waals surface area contributed by atoms with E-state index in [1.165, 1.54) is 18.2 Å². The molecule has 0 aliphatic heterocycles. The second-order valence-corrected chi connectivity index (χ2v) is 5.86. The number of para-hydroxylation sites is 1. The number of halogens is 2. The molecular formula is C16H27FIN3OS. The molecule has 0 radical (unpaired) electrons. The number of unbranched alkanes of at least 4 members (excludes halogenated alkanes) is 1. The molecule has 0 atom stereocenters. The highest BCUT2D eigenvalue weighted by Gasteiger charge is 2.06. The van der Waals surface area contributed by atoms with Crippen LogP contribution in [0.5, 0.6) is 5.75 Å². The summed E-state index contributed by atoms with van der Waals surface area (Å²) in [5.41, 5.74) is 0. The highest BCUT2D eigenvalue weighted by atomic mass is 127. The number of thioether (sulfide) groups is 1. The number of likely N-dealkylation sites (N-methyl/N-ethyl adjacent to an activating group) is 1. The molecule has 1 aromatic rings. The fourth-order valence-corrected chi connectivity index (χ4v) is 2.41. The van der Waals surface area contributed by atoms with Crippen LogP contribution in [-0.2, 0) is 0 Å². The normalized spacial score (nSPS) is 10.9. The molecule has 0 unspecified atom stereocenters. The number of hydrogen-bond acceptors (Lipinski definition) is 3. The van der Waals surface area contributed by atoms with Gasteiger partial charge in [-0.2, -0.15) is 11.8 Å². The van der Waals surface area contributed by atoms with Crippen molar-refractivity contribution in [3.8, 4) is 5.75 Å². The summed E-state index contributed by atoms with van der Waals surface area (Å²) in [5.74, 6) is 1.98. The van der Waals surface area contributed by atoms with Crippen LogP contribution in [0.1, 0.15) is 12.8 Å². The number of hydrogen-bond donors (Lipinski definition) is 1. The summed E-state index contributed by atoms with van der Waals surface area (Å²) >= 11 is 1.87. The van der Waals surface area contributed by atoms with Crippen LogP contribution in [0, 0.1) is 5.82 Å². The quantitative estimate of drug-likeness (QED) is 0.268. The Labute approximate surface area is 160 Å². The summed E-state index contributed by atoms with van der Waals surface area (Å²) in [6.07, 6.45) is 4.44. The Morgan fingerprint density at radius 2 is 2.09 bits per heavy atom. The van der Waals surface area contributed by atoms with Gasteiger partial charge in [0.15, 0.2) is 17.5 Å². The standard InChI is InChI=1S/C16H26FN3OS.HI/c1-18-16(19-10-6-7-13-22-3)20(2)11-12-21-15-9-5-4-8-14(15)17;/h4-5,8-9H,6-7,10-13H2,1-3H3,(H,18,19);1H. The van der Waals surface area contributed by atoms with Gasteiger partial charge in [-0.15, -0.1) is 24.0 Å². The number of ether oxygens (including phenoxy) is 1. The average molecular weight is 455 g/mol. The Bertz CT molecular complexity index is 463. The SMILES string of the molecule is CN=C(NCCCCSC)N(C)CCOc1ccccc1F.I. The molecule has 0 bridgehead atoms. The molecule has 0 aliphatic carbocycles. The molecular weight excluding hydrogens is 428 g/mol. The topological polar surface area (TPSA) is 36.9 Å². The Morgan fingerprint density at radius 1 is 1.35 bits per heavy atom. The van der Waals surface area contributed by atoms with Gasteiger partial charge in [-0.1, -0.05) is 12.1 Å². The Morgan fingerprint density at radius 3 is 2.74 bits per heavy atom. The molecule has 0 amide bonds. The lowest BCUT2D eigenvalue weighted by Gasteiger charge is -2.22. The highest BCUT2D eigenvalue weighted by Crippen LogP contribution is 2.14. The molecule has 23 heavy (non-hydrogen) atoms.